The van der Waals surface area contributed by atoms with Crippen LogP contribution in [0.25, 0.3) is 0 Å². The third kappa shape index (κ3) is 5.59. The second-order valence-electron chi connectivity index (χ2n) is 10.4. The van der Waals surface area contributed by atoms with E-state index in [0.717, 1.165) is 11.6 Å². The number of nitrogens with zero attached hydrogens (tertiary/aromatic N) is 3. The van der Waals surface area contributed by atoms with Gasteiger partial charge in [0.25, 0.3) is 11.8 Å². The molecule has 11 heteroatoms. The predicted molar refractivity (Wildman–Crippen MR) is 146 cm³/mol. The van der Waals surface area contributed by atoms with Gasteiger partial charge in [-0.3, -0.25) is 19.3 Å². The predicted octanol–water partition coefficient (Wildman–Crippen LogP) is 2.94. The second kappa shape index (κ2) is 11.8. The third-order valence-electron chi connectivity index (χ3n) is 7.81. The van der Waals surface area contributed by atoms with Crippen molar-refractivity contribution in [1.29, 1.82) is 0 Å². The van der Waals surface area contributed by atoms with Crippen LogP contribution in [0.4, 0.5) is 8.78 Å². The molecule has 2 aliphatic rings. The van der Waals surface area contributed by atoms with E-state index in [4.69, 9.17) is 15.2 Å². The van der Waals surface area contributed by atoms with E-state index in [1.807, 2.05) is 37.3 Å². The molecule has 0 spiro atoms. The number of ether oxygens (including phenoxy) is 2. The van der Waals surface area contributed by atoms with E-state index >= 15 is 0 Å². The number of hydrogen-bond donors (Lipinski definition) is 1. The Morgan fingerprint density at radius 2 is 1.88 bits per heavy atom. The minimum atomic E-state index is -0.928. The first-order valence-electron chi connectivity index (χ1n) is 13.4. The van der Waals surface area contributed by atoms with Gasteiger partial charge < -0.3 is 24.7 Å². The summed E-state index contributed by atoms with van der Waals surface area (Å²) in [5.74, 6) is -2.84. The molecule has 1 saturated heterocycles. The van der Waals surface area contributed by atoms with Gasteiger partial charge in [-0.2, -0.15) is 0 Å². The molecule has 0 radical (unpaired) electrons. The van der Waals surface area contributed by atoms with Crippen LogP contribution < -0.4 is 15.9 Å². The van der Waals surface area contributed by atoms with Crippen molar-refractivity contribution in [2.75, 3.05) is 20.3 Å². The number of primary amides is 1. The Hall–Kier alpha value is -4.09. The van der Waals surface area contributed by atoms with Gasteiger partial charge in [0, 0.05) is 38.0 Å². The van der Waals surface area contributed by atoms with Gasteiger partial charge in [-0.1, -0.05) is 36.4 Å². The van der Waals surface area contributed by atoms with E-state index in [0.29, 0.717) is 31.6 Å². The van der Waals surface area contributed by atoms with E-state index in [9.17, 15) is 23.2 Å². The third-order valence-corrected chi connectivity index (χ3v) is 7.81. The number of aromatic nitrogens is 1. The summed E-state index contributed by atoms with van der Waals surface area (Å²) in [6, 6.07) is 12.2. The number of amides is 2. The van der Waals surface area contributed by atoms with Gasteiger partial charge >= 0.3 is 0 Å². The highest BCUT2D eigenvalue weighted by Crippen LogP contribution is 2.35. The summed E-state index contributed by atoms with van der Waals surface area (Å²) in [4.78, 5) is 43.4. The van der Waals surface area contributed by atoms with Crippen molar-refractivity contribution in [2.45, 2.75) is 51.2 Å². The summed E-state index contributed by atoms with van der Waals surface area (Å²) < 4.78 is 41.0. The van der Waals surface area contributed by atoms with E-state index in [-0.39, 0.29) is 42.2 Å². The summed E-state index contributed by atoms with van der Waals surface area (Å²) in [6.07, 6.45) is 1.63. The molecular formula is C30H32F2N4O5. The average Bonchev–Trinajstić information content (AvgIpc) is 2.94. The number of carbonyl (C=O) groups is 2. The molecule has 0 saturated carbocycles. The molecule has 3 aromatic rings. The van der Waals surface area contributed by atoms with Crippen molar-refractivity contribution < 1.29 is 27.8 Å². The maximum absolute atomic E-state index is 14.6. The first-order chi connectivity index (χ1) is 19.7. The van der Waals surface area contributed by atoms with Gasteiger partial charge in [-0.15, -0.1) is 0 Å². The molecule has 0 aliphatic carbocycles. The van der Waals surface area contributed by atoms with Gasteiger partial charge in [0.05, 0.1) is 13.2 Å². The maximum atomic E-state index is 14.6. The smallest absolute Gasteiger partial charge is 0.276 e. The van der Waals surface area contributed by atoms with E-state index in [2.05, 4.69) is 4.90 Å². The summed E-state index contributed by atoms with van der Waals surface area (Å²) in [5, 5.41) is 0. The molecule has 2 aliphatic heterocycles. The van der Waals surface area contributed by atoms with Gasteiger partial charge in [0.15, 0.2) is 11.4 Å². The summed E-state index contributed by atoms with van der Waals surface area (Å²) >= 11 is 0. The normalized spacial score (nSPS) is 20.4. The van der Waals surface area contributed by atoms with Crippen molar-refractivity contribution >= 4 is 11.8 Å². The first-order valence-corrected chi connectivity index (χ1v) is 13.4. The molecule has 1 fully saturated rings. The number of fused-ring (bicyclic) bond motifs is 2. The quantitative estimate of drug-likeness (QED) is 0.427. The van der Waals surface area contributed by atoms with E-state index in [1.54, 1.807) is 16.6 Å². The number of pyridine rings is 1. The highest BCUT2D eigenvalue weighted by atomic mass is 19.1. The van der Waals surface area contributed by atoms with Gasteiger partial charge in [-0.25, -0.2) is 8.78 Å². The number of benzene rings is 2. The van der Waals surface area contributed by atoms with Crippen LogP contribution in [0.15, 0.2) is 59.5 Å². The Labute approximate surface area is 236 Å². The maximum Gasteiger partial charge on any atom is 0.276 e. The van der Waals surface area contributed by atoms with Crippen molar-refractivity contribution in [1.82, 2.24) is 14.4 Å². The lowest BCUT2D eigenvalue weighted by Crippen LogP contribution is -2.67. The van der Waals surface area contributed by atoms with Gasteiger partial charge in [-0.05, 0) is 37.0 Å². The van der Waals surface area contributed by atoms with Crippen molar-refractivity contribution in [2.24, 2.45) is 5.73 Å². The number of rotatable bonds is 9. The van der Waals surface area contributed by atoms with Crippen LogP contribution in [0.3, 0.4) is 0 Å². The Morgan fingerprint density at radius 3 is 2.56 bits per heavy atom. The fourth-order valence-corrected chi connectivity index (χ4v) is 5.88. The highest BCUT2D eigenvalue weighted by molar-refractivity contribution is 5.99. The average molecular weight is 567 g/mol. The monoisotopic (exact) mass is 566 g/mol. The van der Waals surface area contributed by atoms with Gasteiger partial charge in [0.2, 0.25) is 5.43 Å². The van der Waals surface area contributed by atoms with Crippen molar-refractivity contribution in [3.8, 4) is 5.75 Å². The largest absolute Gasteiger partial charge is 0.483 e. The van der Waals surface area contributed by atoms with Crippen LogP contribution in [0, 0.1) is 11.6 Å². The van der Waals surface area contributed by atoms with Crippen LogP contribution in [-0.2, 0) is 24.3 Å². The molecule has 5 rings (SSSR count). The molecular weight excluding hydrogens is 534 g/mol. The molecule has 3 unspecified atom stereocenters. The first kappa shape index (κ1) is 28.4. The molecule has 3 heterocycles. The highest BCUT2D eigenvalue weighted by Gasteiger charge is 2.47. The number of methoxy groups -OCH3 is 1. The SMILES string of the molecule is COCCN1C(Cc2ccc(F)cc2F)CC(C)N2C(=O)c3c(OCc4ccccc4)c(=O)c(C(N)=O)cn3CC12. The van der Waals surface area contributed by atoms with Crippen LogP contribution in [0.5, 0.6) is 5.75 Å². The lowest BCUT2D eigenvalue weighted by molar-refractivity contribution is -0.0681. The Bertz CT molecular complexity index is 1510. The molecule has 2 aromatic carbocycles. The molecule has 1 aromatic heterocycles. The van der Waals surface area contributed by atoms with Crippen molar-refractivity contribution in [3.63, 3.8) is 0 Å². The van der Waals surface area contributed by atoms with Crippen molar-refractivity contribution in [3.05, 3.63) is 99.0 Å². The number of nitrogens with two attached hydrogens (primary N) is 1. The standard InChI is InChI=1S/C30H32F2N4O5/c1-18-12-22(13-20-8-9-21(31)14-24(20)32)35(10-11-40-2)25-16-34-15-23(29(33)38)27(37)28(26(34)30(39)36(18)25)41-17-19-6-4-3-5-7-19/h3-9,14-15,18,22,25H,10-13,16-17H2,1-2H3,(H2,33,38). The summed E-state index contributed by atoms with van der Waals surface area (Å²) in [7, 11) is 1.57. The second-order valence-corrected chi connectivity index (χ2v) is 10.4. The Balaban J connectivity index is 1.54. The molecule has 216 valence electrons. The van der Waals surface area contributed by atoms with Crippen LogP contribution in [0.2, 0.25) is 0 Å². The fraction of sp³-hybridized carbons (Fsp3) is 0.367. The molecule has 2 amide bonds. The molecule has 3 atom stereocenters. The Kier molecular flexibility index (Phi) is 8.18. The molecule has 0 bridgehead atoms. The zero-order chi connectivity index (χ0) is 29.3. The van der Waals surface area contributed by atoms with Crippen LogP contribution in [0.1, 0.15) is 45.3 Å². The van der Waals surface area contributed by atoms with Crippen LogP contribution in [-0.4, -0.2) is 64.7 Å². The zero-order valence-corrected chi connectivity index (χ0v) is 22.9. The number of halogens is 2. The van der Waals surface area contributed by atoms with E-state index < -0.39 is 35.0 Å². The summed E-state index contributed by atoms with van der Waals surface area (Å²) in [5.41, 5.74) is 5.73. The van der Waals surface area contributed by atoms with E-state index in [1.165, 1.54) is 18.3 Å². The Morgan fingerprint density at radius 1 is 1.12 bits per heavy atom. The van der Waals surface area contributed by atoms with Crippen LogP contribution >= 0.6 is 0 Å². The number of hydrogen-bond acceptors (Lipinski definition) is 6. The lowest BCUT2D eigenvalue weighted by Gasteiger charge is -2.54. The minimum absolute atomic E-state index is 0.0167. The number of carbonyl (C=O) groups excluding carboxylic acids is 2. The molecule has 41 heavy (non-hydrogen) atoms. The van der Waals surface area contributed by atoms with Gasteiger partial charge in [0.1, 0.15) is 30.0 Å². The molecule has 2 N–H and O–H groups in total. The molecule has 9 nitrogen and oxygen atoms in total. The zero-order valence-electron chi connectivity index (χ0n) is 22.9. The lowest BCUT2D eigenvalue weighted by atomic mass is 9.92. The topological polar surface area (TPSA) is 107 Å². The fourth-order valence-electron chi connectivity index (χ4n) is 5.88. The minimum Gasteiger partial charge on any atom is -0.483 e. The summed E-state index contributed by atoms with van der Waals surface area (Å²) in [6.45, 7) is 2.91.